The van der Waals surface area contributed by atoms with Crippen molar-refractivity contribution in [1.82, 2.24) is 9.97 Å². The third-order valence-corrected chi connectivity index (χ3v) is 3.16. The van der Waals surface area contributed by atoms with Crippen molar-refractivity contribution >= 4 is 23.1 Å². The molecule has 0 unspecified atom stereocenters. The van der Waals surface area contributed by atoms with Crippen LogP contribution in [0.1, 0.15) is 6.42 Å². The number of aromatic nitrogens is 2. The molecule has 0 saturated heterocycles. The SMILES string of the molecule is O=c1[nH]cnc(Nc2ccc3c(c2)OCCCO3)c1Cl. The number of nitrogens with zero attached hydrogens (tertiary/aromatic N) is 1. The molecule has 1 aliphatic rings. The maximum atomic E-state index is 11.4. The fourth-order valence-corrected chi connectivity index (χ4v) is 2.00. The summed E-state index contributed by atoms with van der Waals surface area (Å²) in [4.78, 5) is 17.8. The number of ether oxygens (including phenoxy) is 2. The van der Waals surface area contributed by atoms with Crippen molar-refractivity contribution in [1.29, 1.82) is 0 Å². The molecule has 3 rings (SSSR count). The predicted molar refractivity (Wildman–Crippen MR) is 75.2 cm³/mol. The average molecular weight is 294 g/mol. The van der Waals surface area contributed by atoms with Crippen LogP contribution in [0.15, 0.2) is 29.3 Å². The van der Waals surface area contributed by atoms with E-state index in [9.17, 15) is 4.79 Å². The van der Waals surface area contributed by atoms with E-state index >= 15 is 0 Å². The Hall–Kier alpha value is -2.21. The zero-order valence-corrected chi connectivity index (χ0v) is 11.2. The predicted octanol–water partition coefficient (Wildman–Crippen LogP) is 2.33. The average Bonchev–Trinajstić information content (AvgIpc) is 2.69. The number of rotatable bonds is 2. The summed E-state index contributed by atoms with van der Waals surface area (Å²) in [6.45, 7) is 1.25. The van der Waals surface area contributed by atoms with Gasteiger partial charge in [-0.1, -0.05) is 11.6 Å². The highest BCUT2D eigenvalue weighted by molar-refractivity contribution is 6.32. The van der Waals surface area contributed by atoms with E-state index in [0.29, 0.717) is 36.2 Å². The minimum absolute atomic E-state index is 0.0135. The smallest absolute Gasteiger partial charge is 0.271 e. The van der Waals surface area contributed by atoms with Crippen molar-refractivity contribution in [2.45, 2.75) is 6.42 Å². The first-order valence-corrected chi connectivity index (χ1v) is 6.52. The van der Waals surface area contributed by atoms with Gasteiger partial charge in [0.2, 0.25) is 0 Å². The van der Waals surface area contributed by atoms with Gasteiger partial charge >= 0.3 is 0 Å². The molecule has 1 aliphatic heterocycles. The zero-order valence-electron chi connectivity index (χ0n) is 10.5. The third kappa shape index (κ3) is 2.55. The molecule has 6 nitrogen and oxygen atoms in total. The molecule has 104 valence electrons. The van der Waals surface area contributed by atoms with Crippen molar-refractivity contribution in [2.24, 2.45) is 0 Å². The number of fused-ring (bicyclic) bond motifs is 1. The molecule has 0 fully saturated rings. The third-order valence-electron chi connectivity index (χ3n) is 2.81. The molecule has 0 amide bonds. The Morgan fingerprint density at radius 1 is 1.25 bits per heavy atom. The van der Waals surface area contributed by atoms with Crippen LogP contribution in [0.4, 0.5) is 11.5 Å². The molecule has 2 aromatic rings. The maximum absolute atomic E-state index is 11.4. The molecule has 0 spiro atoms. The van der Waals surface area contributed by atoms with Gasteiger partial charge in [-0.3, -0.25) is 4.79 Å². The first-order valence-electron chi connectivity index (χ1n) is 6.14. The van der Waals surface area contributed by atoms with Gasteiger partial charge in [-0.25, -0.2) is 4.98 Å². The summed E-state index contributed by atoms with van der Waals surface area (Å²) in [6.07, 6.45) is 2.14. The molecular formula is C13H12ClN3O3. The second-order valence-electron chi connectivity index (χ2n) is 4.23. The number of benzene rings is 1. The first kappa shape index (κ1) is 12.8. The Labute approximate surface area is 119 Å². The van der Waals surface area contributed by atoms with Crippen LogP contribution in [0.25, 0.3) is 0 Å². The van der Waals surface area contributed by atoms with Gasteiger partial charge in [0.15, 0.2) is 17.3 Å². The van der Waals surface area contributed by atoms with E-state index in [1.165, 1.54) is 6.33 Å². The second kappa shape index (κ2) is 5.42. The fraction of sp³-hybridized carbons (Fsp3) is 0.231. The minimum Gasteiger partial charge on any atom is -0.490 e. The quantitative estimate of drug-likeness (QED) is 0.889. The summed E-state index contributed by atoms with van der Waals surface area (Å²) in [6, 6.07) is 5.41. The first-order chi connectivity index (χ1) is 9.74. The molecule has 0 bridgehead atoms. The van der Waals surface area contributed by atoms with Gasteiger partial charge < -0.3 is 19.8 Å². The lowest BCUT2D eigenvalue weighted by molar-refractivity contribution is 0.297. The van der Waals surface area contributed by atoms with Crippen molar-refractivity contribution < 1.29 is 9.47 Å². The molecule has 0 atom stereocenters. The lowest BCUT2D eigenvalue weighted by Gasteiger charge is -2.11. The molecule has 0 saturated carbocycles. The molecule has 20 heavy (non-hydrogen) atoms. The minimum atomic E-state index is -0.390. The molecule has 0 aliphatic carbocycles. The summed E-state index contributed by atoms with van der Waals surface area (Å²) >= 11 is 5.89. The van der Waals surface area contributed by atoms with Crippen molar-refractivity contribution in [3.8, 4) is 11.5 Å². The van der Waals surface area contributed by atoms with Gasteiger partial charge in [0.25, 0.3) is 5.56 Å². The Morgan fingerprint density at radius 2 is 2.05 bits per heavy atom. The van der Waals surface area contributed by atoms with Crippen LogP contribution in [-0.4, -0.2) is 23.2 Å². The normalized spacial score (nSPS) is 13.7. The Morgan fingerprint density at radius 3 is 2.90 bits per heavy atom. The number of hydrogen-bond donors (Lipinski definition) is 2. The number of H-pyrrole nitrogens is 1. The van der Waals surface area contributed by atoms with Crippen molar-refractivity contribution in [2.75, 3.05) is 18.5 Å². The Balaban J connectivity index is 1.90. The highest BCUT2D eigenvalue weighted by Gasteiger charge is 2.12. The summed E-state index contributed by atoms with van der Waals surface area (Å²) in [5, 5.41) is 3.00. The van der Waals surface area contributed by atoms with Crippen LogP contribution < -0.4 is 20.3 Å². The highest BCUT2D eigenvalue weighted by atomic mass is 35.5. The van der Waals surface area contributed by atoms with E-state index in [2.05, 4.69) is 15.3 Å². The molecule has 1 aromatic heterocycles. The van der Waals surface area contributed by atoms with E-state index < -0.39 is 5.56 Å². The van der Waals surface area contributed by atoms with Gasteiger partial charge in [0.1, 0.15) is 5.02 Å². The summed E-state index contributed by atoms with van der Waals surface area (Å²) < 4.78 is 11.1. The van der Waals surface area contributed by atoms with E-state index in [4.69, 9.17) is 21.1 Å². The van der Waals surface area contributed by atoms with Crippen molar-refractivity contribution in [3.63, 3.8) is 0 Å². The molecule has 2 heterocycles. The number of aromatic amines is 1. The lowest BCUT2D eigenvalue weighted by atomic mass is 10.2. The number of nitrogens with one attached hydrogen (secondary N) is 2. The van der Waals surface area contributed by atoms with Crippen LogP contribution in [0.5, 0.6) is 11.5 Å². The molecule has 0 radical (unpaired) electrons. The van der Waals surface area contributed by atoms with E-state index in [1.807, 2.05) is 12.1 Å². The summed E-state index contributed by atoms with van der Waals surface area (Å²) in [5.41, 5.74) is 0.327. The van der Waals surface area contributed by atoms with Crippen molar-refractivity contribution in [3.05, 3.63) is 39.9 Å². The van der Waals surface area contributed by atoms with Gasteiger partial charge in [-0.15, -0.1) is 0 Å². The number of anilines is 2. The maximum Gasteiger partial charge on any atom is 0.271 e. The largest absolute Gasteiger partial charge is 0.490 e. The zero-order chi connectivity index (χ0) is 13.9. The van der Waals surface area contributed by atoms with Gasteiger partial charge in [-0.05, 0) is 12.1 Å². The molecular weight excluding hydrogens is 282 g/mol. The fourth-order valence-electron chi connectivity index (χ4n) is 1.85. The van der Waals surface area contributed by atoms with Crippen LogP contribution in [0.3, 0.4) is 0 Å². The Kier molecular flexibility index (Phi) is 3.47. The lowest BCUT2D eigenvalue weighted by Crippen LogP contribution is -2.09. The molecule has 1 aromatic carbocycles. The van der Waals surface area contributed by atoms with Crippen LogP contribution in [0.2, 0.25) is 5.02 Å². The topological polar surface area (TPSA) is 76.2 Å². The monoisotopic (exact) mass is 293 g/mol. The standard InChI is InChI=1S/C13H12ClN3O3/c14-11-12(15-7-16-13(11)18)17-8-2-3-9-10(6-8)20-5-1-4-19-9/h2-3,6-7H,1,4-5H2,(H2,15,16,17,18). The van der Waals surface area contributed by atoms with Gasteiger partial charge in [0, 0.05) is 18.2 Å². The second-order valence-corrected chi connectivity index (χ2v) is 4.61. The Bertz CT molecular complexity index is 687. The van der Waals surface area contributed by atoms with E-state index in [-0.39, 0.29) is 5.02 Å². The van der Waals surface area contributed by atoms with Gasteiger partial charge in [0.05, 0.1) is 19.5 Å². The number of halogens is 1. The summed E-state index contributed by atoms with van der Waals surface area (Å²) in [5.74, 6) is 1.66. The van der Waals surface area contributed by atoms with Crippen LogP contribution in [-0.2, 0) is 0 Å². The van der Waals surface area contributed by atoms with Gasteiger partial charge in [-0.2, -0.15) is 0 Å². The van der Waals surface area contributed by atoms with Crippen LogP contribution in [0, 0.1) is 0 Å². The summed E-state index contributed by atoms with van der Waals surface area (Å²) in [7, 11) is 0. The molecule has 2 N–H and O–H groups in total. The van der Waals surface area contributed by atoms with E-state index in [1.54, 1.807) is 6.07 Å². The number of hydrogen-bond acceptors (Lipinski definition) is 5. The molecule has 7 heteroatoms. The highest BCUT2D eigenvalue weighted by Crippen LogP contribution is 2.33. The van der Waals surface area contributed by atoms with Crippen LogP contribution >= 0.6 is 11.6 Å². The van der Waals surface area contributed by atoms with E-state index in [0.717, 1.165) is 6.42 Å².